The Labute approximate surface area is 163 Å². The first kappa shape index (κ1) is 17.5. The summed E-state index contributed by atoms with van der Waals surface area (Å²) in [5.41, 5.74) is 2.85. The summed E-state index contributed by atoms with van der Waals surface area (Å²) in [6.45, 7) is 0.740. The Bertz CT molecular complexity index is 1180. The van der Waals surface area contributed by atoms with Crippen LogP contribution in [0.3, 0.4) is 0 Å². The van der Waals surface area contributed by atoms with E-state index in [0.29, 0.717) is 17.6 Å². The lowest BCUT2D eigenvalue weighted by Gasteiger charge is -2.07. The van der Waals surface area contributed by atoms with Crippen LogP contribution in [-0.2, 0) is 17.9 Å². The van der Waals surface area contributed by atoms with E-state index >= 15 is 0 Å². The molecule has 0 saturated heterocycles. The molecule has 4 aromatic rings. The van der Waals surface area contributed by atoms with Crippen molar-refractivity contribution in [2.75, 3.05) is 0 Å². The van der Waals surface area contributed by atoms with Crippen molar-refractivity contribution in [2.24, 2.45) is 0 Å². The zero-order valence-electron chi connectivity index (χ0n) is 14.4. The minimum absolute atomic E-state index is 0.110. The first-order valence-electron chi connectivity index (χ1n) is 8.59. The van der Waals surface area contributed by atoms with Crippen LogP contribution < -0.4 is 10.9 Å². The van der Waals surface area contributed by atoms with Crippen LogP contribution in [0.5, 0.6) is 0 Å². The van der Waals surface area contributed by atoms with Gasteiger partial charge in [-0.1, -0.05) is 46.3 Å². The van der Waals surface area contributed by atoms with E-state index in [1.165, 1.54) is 10.9 Å². The second-order valence-electron chi connectivity index (χ2n) is 6.29. The third kappa shape index (κ3) is 3.64. The summed E-state index contributed by atoms with van der Waals surface area (Å²) in [4.78, 5) is 32.3. The number of H-pyrrole nitrogens is 1. The van der Waals surface area contributed by atoms with Crippen LogP contribution >= 0.6 is 15.9 Å². The van der Waals surface area contributed by atoms with Crippen molar-refractivity contribution in [1.29, 1.82) is 0 Å². The Balaban J connectivity index is 1.44. The summed E-state index contributed by atoms with van der Waals surface area (Å²) in [7, 11) is 0. The van der Waals surface area contributed by atoms with Crippen LogP contribution in [-0.4, -0.2) is 20.4 Å². The summed E-state index contributed by atoms with van der Waals surface area (Å²) in [6.07, 6.45) is 1.72. The van der Waals surface area contributed by atoms with Gasteiger partial charge in [-0.2, -0.15) is 0 Å². The highest BCUT2D eigenvalue weighted by Crippen LogP contribution is 2.20. The van der Waals surface area contributed by atoms with Gasteiger partial charge in [0.2, 0.25) is 5.91 Å². The molecule has 2 aromatic carbocycles. The smallest absolute Gasteiger partial charge is 0.277 e. The van der Waals surface area contributed by atoms with Gasteiger partial charge in [0, 0.05) is 34.9 Å². The molecule has 0 fully saturated rings. The number of aromatic amines is 1. The molecule has 7 heteroatoms. The number of amides is 1. The summed E-state index contributed by atoms with van der Waals surface area (Å²) in [5, 5.41) is 3.79. The molecule has 0 aliphatic heterocycles. The fraction of sp³-hybridized carbons (Fsp3) is 0.150. The third-order valence-electron chi connectivity index (χ3n) is 4.46. The van der Waals surface area contributed by atoms with Crippen molar-refractivity contribution < 1.29 is 4.79 Å². The predicted octanol–water partition coefficient (Wildman–Crippen LogP) is 3.35. The molecule has 6 nitrogen and oxygen atoms in total. The van der Waals surface area contributed by atoms with E-state index < -0.39 is 0 Å². The Hall–Kier alpha value is -2.93. The van der Waals surface area contributed by atoms with Gasteiger partial charge in [-0.05, 0) is 23.8 Å². The molecule has 136 valence electrons. The predicted molar refractivity (Wildman–Crippen MR) is 108 cm³/mol. The first-order chi connectivity index (χ1) is 13.1. The number of carbonyl (C=O) groups excluding carboxylic acids is 1. The van der Waals surface area contributed by atoms with Gasteiger partial charge < -0.3 is 10.3 Å². The lowest BCUT2D eigenvalue weighted by Crippen LogP contribution is -2.27. The normalized spacial score (nSPS) is 11.1. The van der Waals surface area contributed by atoms with Crippen LogP contribution in [0.25, 0.3) is 21.9 Å². The average molecular weight is 425 g/mol. The largest absolute Gasteiger partial charge is 0.352 e. The second-order valence-corrected chi connectivity index (χ2v) is 7.21. The van der Waals surface area contributed by atoms with E-state index in [1.54, 1.807) is 0 Å². The van der Waals surface area contributed by atoms with Gasteiger partial charge in [-0.25, -0.2) is 4.98 Å². The molecule has 2 aromatic heterocycles. The summed E-state index contributed by atoms with van der Waals surface area (Å²) >= 11 is 3.38. The molecule has 2 heterocycles. The number of nitrogens with zero attached hydrogens (tertiary/aromatic N) is 2. The number of nitrogens with one attached hydrogen (secondary N) is 2. The summed E-state index contributed by atoms with van der Waals surface area (Å²) in [5.74, 6) is -0.110. The molecule has 0 bridgehead atoms. The van der Waals surface area contributed by atoms with Crippen molar-refractivity contribution in [1.82, 2.24) is 19.9 Å². The van der Waals surface area contributed by atoms with Gasteiger partial charge in [0.15, 0.2) is 0 Å². The minimum Gasteiger partial charge on any atom is -0.352 e. The maximum Gasteiger partial charge on any atom is 0.277 e. The molecule has 0 aliphatic rings. The number of aromatic nitrogens is 3. The molecule has 0 atom stereocenters. The number of benzene rings is 2. The van der Waals surface area contributed by atoms with Crippen LogP contribution in [0.2, 0.25) is 0 Å². The lowest BCUT2D eigenvalue weighted by molar-refractivity contribution is -0.121. The number of halogens is 1. The number of fused-ring (bicyclic) bond motifs is 3. The summed E-state index contributed by atoms with van der Waals surface area (Å²) < 4.78 is 2.47. The molecule has 4 rings (SSSR count). The van der Waals surface area contributed by atoms with Crippen molar-refractivity contribution in [2.45, 2.75) is 19.5 Å². The Morgan fingerprint density at radius 3 is 2.74 bits per heavy atom. The highest BCUT2D eigenvalue weighted by Gasteiger charge is 2.11. The van der Waals surface area contributed by atoms with E-state index in [9.17, 15) is 9.59 Å². The highest BCUT2D eigenvalue weighted by molar-refractivity contribution is 9.10. The topological polar surface area (TPSA) is 79.8 Å². The molecule has 0 spiro atoms. The van der Waals surface area contributed by atoms with E-state index in [0.717, 1.165) is 20.9 Å². The number of carbonyl (C=O) groups is 1. The molecule has 1 amide bonds. The monoisotopic (exact) mass is 424 g/mol. The van der Waals surface area contributed by atoms with E-state index in [1.807, 2.05) is 48.5 Å². The number of rotatable bonds is 5. The maximum atomic E-state index is 12.7. The summed E-state index contributed by atoms with van der Waals surface area (Å²) in [6, 6.07) is 15.4. The lowest BCUT2D eigenvalue weighted by atomic mass is 10.2. The van der Waals surface area contributed by atoms with E-state index in [2.05, 4.69) is 31.2 Å². The molecular weight excluding hydrogens is 408 g/mol. The zero-order chi connectivity index (χ0) is 18.8. The van der Waals surface area contributed by atoms with Gasteiger partial charge in [0.05, 0.1) is 6.33 Å². The van der Waals surface area contributed by atoms with Crippen molar-refractivity contribution in [3.8, 4) is 0 Å². The second kappa shape index (κ2) is 7.36. The number of aryl methyl sites for hydroxylation is 1. The fourth-order valence-corrected chi connectivity index (χ4v) is 3.28. The number of hydrogen-bond donors (Lipinski definition) is 2. The third-order valence-corrected chi connectivity index (χ3v) is 4.99. The molecule has 0 unspecified atom stereocenters. The van der Waals surface area contributed by atoms with E-state index in [-0.39, 0.29) is 24.4 Å². The molecule has 27 heavy (non-hydrogen) atoms. The van der Waals surface area contributed by atoms with Crippen LogP contribution in [0, 0.1) is 0 Å². The van der Waals surface area contributed by atoms with Gasteiger partial charge >= 0.3 is 0 Å². The van der Waals surface area contributed by atoms with Crippen LogP contribution in [0.15, 0.2) is 64.1 Å². The quantitative estimate of drug-likeness (QED) is 0.515. The van der Waals surface area contributed by atoms with Gasteiger partial charge in [-0.3, -0.25) is 14.2 Å². The molecule has 2 N–H and O–H groups in total. The van der Waals surface area contributed by atoms with Gasteiger partial charge in [0.1, 0.15) is 11.0 Å². The Morgan fingerprint density at radius 1 is 1.15 bits per heavy atom. The highest BCUT2D eigenvalue weighted by atomic mass is 79.9. The molecule has 0 radical (unpaired) electrons. The van der Waals surface area contributed by atoms with Crippen LogP contribution in [0.1, 0.15) is 12.0 Å². The average Bonchev–Trinajstić information content (AvgIpc) is 3.07. The van der Waals surface area contributed by atoms with Crippen LogP contribution in [0.4, 0.5) is 0 Å². The zero-order valence-corrected chi connectivity index (χ0v) is 16.0. The molecule has 0 saturated carbocycles. The number of para-hydroxylation sites is 1. The Kier molecular flexibility index (Phi) is 4.77. The molecule has 0 aliphatic carbocycles. The minimum atomic E-state index is -0.170. The van der Waals surface area contributed by atoms with E-state index in [4.69, 9.17) is 0 Å². The SMILES string of the molecule is O=C(CCn1cnc2c([nH]c3ccccc32)c1=O)NCc1ccc(Br)cc1. The van der Waals surface area contributed by atoms with Crippen molar-refractivity contribution >= 4 is 43.8 Å². The number of hydrogen-bond acceptors (Lipinski definition) is 3. The van der Waals surface area contributed by atoms with Crippen molar-refractivity contribution in [3.05, 3.63) is 75.2 Å². The first-order valence-corrected chi connectivity index (χ1v) is 9.38. The van der Waals surface area contributed by atoms with Crippen molar-refractivity contribution in [3.63, 3.8) is 0 Å². The maximum absolute atomic E-state index is 12.7. The van der Waals surface area contributed by atoms with Gasteiger partial charge in [0.25, 0.3) is 5.56 Å². The fourth-order valence-electron chi connectivity index (χ4n) is 3.01. The molecular formula is C20H17BrN4O2. The van der Waals surface area contributed by atoms with Gasteiger partial charge in [-0.15, -0.1) is 0 Å². The standard InChI is InChI=1S/C20H17BrN4O2/c21-14-7-5-13(6-8-14)11-22-17(26)9-10-25-12-23-18-15-3-1-2-4-16(15)24-19(18)20(25)27/h1-8,12,24H,9-11H2,(H,22,26). The Morgan fingerprint density at radius 2 is 1.93 bits per heavy atom.